The highest BCUT2D eigenvalue weighted by molar-refractivity contribution is 7.81. The molecule has 12 heteroatoms. The van der Waals surface area contributed by atoms with Crippen molar-refractivity contribution in [2.24, 2.45) is 5.41 Å². The molecule has 17 heavy (non-hydrogen) atoms. The first-order valence-electron chi connectivity index (χ1n) is 3.99. The van der Waals surface area contributed by atoms with Crippen LogP contribution in [0.1, 0.15) is 0 Å². The Morgan fingerprint density at radius 3 is 1.29 bits per heavy atom. The molecule has 0 atom stereocenters. The molecular weight excluding hydrogens is 284 g/mol. The molecule has 0 rings (SSSR count). The quantitative estimate of drug-likeness (QED) is 0.354. The topological polar surface area (TPSA) is 168 Å². The lowest BCUT2D eigenvalue weighted by atomic mass is 9.93. The summed E-state index contributed by atoms with van der Waals surface area (Å²) >= 11 is 0. The lowest BCUT2D eigenvalue weighted by Gasteiger charge is -2.27. The van der Waals surface area contributed by atoms with Crippen LogP contribution >= 0.6 is 0 Å². The van der Waals surface area contributed by atoms with Gasteiger partial charge >= 0.3 is 20.8 Å². The van der Waals surface area contributed by atoms with E-state index in [1.807, 2.05) is 0 Å². The predicted molar refractivity (Wildman–Crippen MR) is 51.6 cm³/mol. The van der Waals surface area contributed by atoms with E-state index in [0.717, 1.165) is 0 Å². The van der Waals surface area contributed by atoms with Crippen molar-refractivity contribution in [2.75, 3.05) is 26.4 Å². The second-order valence-corrected chi connectivity index (χ2v) is 5.38. The lowest BCUT2D eigenvalue weighted by molar-refractivity contribution is -0.0199. The van der Waals surface area contributed by atoms with E-state index in [1.165, 1.54) is 0 Å². The second kappa shape index (κ2) is 6.01. The highest BCUT2D eigenvalue weighted by Gasteiger charge is 2.33. The maximum atomic E-state index is 10.3. The van der Waals surface area contributed by atoms with Crippen LogP contribution < -0.4 is 0 Å². The third kappa shape index (κ3) is 7.56. The highest BCUT2D eigenvalue weighted by Crippen LogP contribution is 2.18. The van der Waals surface area contributed by atoms with Gasteiger partial charge in [-0.1, -0.05) is 0 Å². The number of aliphatic hydroxyl groups excluding tert-OH is 2. The molecular formula is C5H12O10S2. The first kappa shape index (κ1) is 16.7. The molecule has 0 saturated heterocycles. The zero-order valence-electron chi connectivity index (χ0n) is 8.38. The van der Waals surface area contributed by atoms with Crippen LogP contribution in [-0.4, -0.2) is 62.6 Å². The SMILES string of the molecule is O=S(=O)(O)OCC(CO)(CO)COS(=O)(=O)O. The smallest absolute Gasteiger partial charge is 0.396 e. The van der Waals surface area contributed by atoms with Gasteiger partial charge in [0.25, 0.3) is 0 Å². The van der Waals surface area contributed by atoms with Crippen LogP contribution in [0.25, 0.3) is 0 Å². The fourth-order valence-corrected chi connectivity index (χ4v) is 1.47. The van der Waals surface area contributed by atoms with Crippen LogP contribution in [0.5, 0.6) is 0 Å². The Labute approximate surface area is 97.7 Å². The zero-order valence-corrected chi connectivity index (χ0v) is 10.0. The van der Waals surface area contributed by atoms with Crippen molar-refractivity contribution in [3.63, 3.8) is 0 Å². The van der Waals surface area contributed by atoms with Gasteiger partial charge in [-0.15, -0.1) is 0 Å². The van der Waals surface area contributed by atoms with Crippen molar-refractivity contribution >= 4 is 20.8 Å². The first-order valence-corrected chi connectivity index (χ1v) is 6.72. The van der Waals surface area contributed by atoms with E-state index < -0.39 is 52.6 Å². The van der Waals surface area contributed by atoms with Crippen molar-refractivity contribution in [1.82, 2.24) is 0 Å². The summed E-state index contributed by atoms with van der Waals surface area (Å²) in [5, 5.41) is 17.8. The average Bonchev–Trinajstić information content (AvgIpc) is 2.16. The van der Waals surface area contributed by atoms with Gasteiger partial charge in [-0.25, -0.2) is 8.37 Å². The van der Waals surface area contributed by atoms with Gasteiger partial charge in [-0.05, 0) is 0 Å². The zero-order chi connectivity index (χ0) is 13.7. The molecule has 0 fully saturated rings. The Hall–Kier alpha value is -0.340. The third-order valence-electron chi connectivity index (χ3n) is 1.70. The van der Waals surface area contributed by atoms with E-state index in [4.69, 9.17) is 19.3 Å². The van der Waals surface area contributed by atoms with Gasteiger partial charge in [-0.3, -0.25) is 9.11 Å². The van der Waals surface area contributed by atoms with E-state index in [2.05, 4.69) is 8.37 Å². The molecule has 104 valence electrons. The van der Waals surface area contributed by atoms with Crippen LogP contribution in [0.4, 0.5) is 0 Å². The summed E-state index contributed by atoms with van der Waals surface area (Å²) < 4.78 is 65.4. The monoisotopic (exact) mass is 296 g/mol. The van der Waals surface area contributed by atoms with Crippen molar-refractivity contribution in [1.29, 1.82) is 0 Å². The second-order valence-electron chi connectivity index (χ2n) is 3.20. The maximum Gasteiger partial charge on any atom is 0.397 e. The molecule has 0 aliphatic heterocycles. The molecule has 0 aliphatic carbocycles. The molecule has 4 N–H and O–H groups in total. The van der Waals surface area contributed by atoms with Gasteiger partial charge in [0, 0.05) is 0 Å². The summed E-state index contributed by atoms with van der Waals surface area (Å²) in [4.78, 5) is 0. The Morgan fingerprint density at radius 1 is 0.824 bits per heavy atom. The minimum atomic E-state index is -4.82. The summed E-state index contributed by atoms with van der Waals surface area (Å²) in [6, 6.07) is 0. The van der Waals surface area contributed by atoms with Crippen LogP contribution in [0.2, 0.25) is 0 Å². The van der Waals surface area contributed by atoms with Gasteiger partial charge < -0.3 is 10.2 Å². The van der Waals surface area contributed by atoms with Crippen molar-refractivity contribution in [3.05, 3.63) is 0 Å². The van der Waals surface area contributed by atoms with E-state index in [0.29, 0.717) is 0 Å². The molecule has 0 aromatic carbocycles. The fraction of sp³-hybridized carbons (Fsp3) is 1.00. The predicted octanol–water partition coefficient (Wildman–Crippen LogP) is -2.40. The van der Waals surface area contributed by atoms with E-state index in [9.17, 15) is 16.8 Å². The summed E-state index contributed by atoms with van der Waals surface area (Å²) in [6.45, 7) is -3.69. The van der Waals surface area contributed by atoms with Gasteiger partial charge in [0.05, 0.1) is 31.8 Å². The fourth-order valence-electron chi connectivity index (χ4n) is 0.673. The normalized spacial score (nSPS) is 13.9. The van der Waals surface area contributed by atoms with Gasteiger partial charge in [0.2, 0.25) is 0 Å². The molecule has 0 aromatic rings. The van der Waals surface area contributed by atoms with Gasteiger partial charge in [-0.2, -0.15) is 16.8 Å². The largest absolute Gasteiger partial charge is 0.397 e. The van der Waals surface area contributed by atoms with Crippen LogP contribution in [-0.2, 0) is 29.2 Å². The summed E-state index contributed by atoms with van der Waals surface area (Å²) in [7, 11) is -9.64. The molecule has 0 saturated carbocycles. The highest BCUT2D eigenvalue weighted by atomic mass is 32.3. The average molecular weight is 296 g/mol. The standard InChI is InChI=1S/C5H12O10S2/c6-1-5(2-7,3-14-16(8,9)10)4-15-17(11,12)13/h6-7H,1-4H2,(H,8,9,10)(H,11,12,13). The number of aliphatic hydroxyl groups is 2. The van der Waals surface area contributed by atoms with Crippen LogP contribution in [0.15, 0.2) is 0 Å². The van der Waals surface area contributed by atoms with Gasteiger partial charge in [0.15, 0.2) is 0 Å². The molecule has 0 radical (unpaired) electrons. The van der Waals surface area contributed by atoms with Crippen molar-refractivity contribution in [2.45, 2.75) is 0 Å². The number of hydrogen-bond donors (Lipinski definition) is 4. The first-order chi connectivity index (χ1) is 7.54. The Balaban J connectivity index is 4.67. The Bertz CT molecular complexity index is 380. The molecule has 0 aromatic heterocycles. The molecule has 0 spiro atoms. The van der Waals surface area contributed by atoms with E-state index >= 15 is 0 Å². The summed E-state index contributed by atoms with van der Waals surface area (Å²) in [5.74, 6) is 0. The maximum absolute atomic E-state index is 10.3. The van der Waals surface area contributed by atoms with Crippen LogP contribution in [0.3, 0.4) is 0 Å². The number of rotatable bonds is 8. The molecule has 0 aliphatic rings. The summed E-state index contributed by atoms with van der Waals surface area (Å²) in [5.41, 5.74) is -1.81. The van der Waals surface area contributed by atoms with E-state index in [-0.39, 0.29) is 0 Å². The third-order valence-corrected chi connectivity index (χ3v) is 2.53. The molecule has 0 bridgehead atoms. The Kier molecular flexibility index (Phi) is 5.89. The number of hydrogen-bond acceptors (Lipinski definition) is 8. The lowest BCUT2D eigenvalue weighted by Crippen LogP contribution is -2.41. The summed E-state index contributed by atoms with van der Waals surface area (Å²) in [6.07, 6.45) is 0. The van der Waals surface area contributed by atoms with Crippen LogP contribution in [0, 0.1) is 5.41 Å². The Morgan fingerprint density at radius 2 is 1.12 bits per heavy atom. The van der Waals surface area contributed by atoms with E-state index in [1.54, 1.807) is 0 Å². The molecule has 0 amide bonds. The van der Waals surface area contributed by atoms with Gasteiger partial charge in [0.1, 0.15) is 0 Å². The minimum Gasteiger partial charge on any atom is -0.396 e. The minimum absolute atomic E-state index is 0.908. The molecule has 0 unspecified atom stereocenters. The van der Waals surface area contributed by atoms with Crippen molar-refractivity contribution in [3.8, 4) is 0 Å². The van der Waals surface area contributed by atoms with Crippen molar-refractivity contribution < 1.29 is 44.5 Å². The molecule has 0 heterocycles. The molecule has 10 nitrogen and oxygen atoms in total.